The van der Waals surface area contributed by atoms with E-state index in [0.29, 0.717) is 22.7 Å². The first-order valence-corrected chi connectivity index (χ1v) is 10.1. The summed E-state index contributed by atoms with van der Waals surface area (Å²) < 4.78 is 13.9. The van der Waals surface area contributed by atoms with E-state index in [1.54, 1.807) is 24.3 Å². The van der Waals surface area contributed by atoms with Gasteiger partial charge in [-0.25, -0.2) is 4.39 Å². The molecule has 0 spiro atoms. The van der Waals surface area contributed by atoms with E-state index in [2.05, 4.69) is 12.2 Å². The average Bonchev–Trinajstić information content (AvgIpc) is 2.74. The van der Waals surface area contributed by atoms with Gasteiger partial charge in [0.15, 0.2) is 0 Å². The van der Waals surface area contributed by atoms with Crippen LogP contribution in [0.5, 0.6) is 0 Å². The number of halogens is 2. The molecule has 2 nitrogen and oxygen atoms in total. The van der Waals surface area contributed by atoms with Gasteiger partial charge in [0.25, 0.3) is 5.91 Å². The smallest absolute Gasteiger partial charge is 0.251 e. The highest BCUT2D eigenvalue weighted by Crippen LogP contribution is 2.27. The molecule has 3 aromatic carbocycles. The lowest BCUT2D eigenvalue weighted by Gasteiger charge is -2.12. The van der Waals surface area contributed by atoms with Crippen molar-refractivity contribution in [2.75, 3.05) is 6.54 Å². The summed E-state index contributed by atoms with van der Waals surface area (Å²) in [6, 6.07) is 19.7. The van der Waals surface area contributed by atoms with Crippen LogP contribution in [0.1, 0.15) is 41.3 Å². The Kier molecular flexibility index (Phi) is 7.20. The summed E-state index contributed by atoms with van der Waals surface area (Å²) in [7, 11) is 0. The molecule has 0 fully saturated rings. The van der Waals surface area contributed by atoms with Crippen LogP contribution in [0.4, 0.5) is 4.39 Å². The van der Waals surface area contributed by atoms with Gasteiger partial charge in [0.05, 0.1) is 0 Å². The van der Waals surface area contributed by atoms with Crippen LogP contribution in [0, 0.1) is 5.82 Å². The first kappa shape index (κ1) is 20.8. The molecule has 0 aliphatic rings. The summed E-state index contributed by atoms with van der Waals surface area (Å²) in [5, 5.41) is 3.63. The molecule has 0 radical (unpaired) electrons. The van der Waals surface area contributed by atoms with Crippen molar-refractivity contribution in [2.24, 2.45) is 0 Å². The van der Waals surface area contributed by atoms with Crippen molar-refractivity contribution < 1.29 is 9.18 Å². The number of carbonyl (C=O) groups is 1. The van der Waals surface area contributed by atoms with Crippen molar-refractivity contribution in [2.45, 2.75) is 19.8 Å². The fourth-order valence-corrected chi connectivity index (χ4v) is 3.13. The fourth-order valence-electron chi connectivity index (χ4n) is 3.00. The van der Waals surface area contributed by atoms with Crippen molar-refractivity contribution >= 4 is 29.7 Å². The van der Waals surface area contributed by atoms with E-state index < -0.39 is 0 Å². The Hall–Kier alpha value is -2.91. The van der Waals surface area contributed by atoms with Crippen LogP contribution in [0.3, 0.4) is 0 Å². The predicted octanol–water partition coefficient (Wildman–Crippen LogP) is 6.85. The van der Waals surface area contributed by atoms with Crippen molar-refractivity contribution in [3.63, 3.8) is 0 Å². The standard InChI is InChI=1S/C25H23ClFNO/c1-2-3-16-28-25(29)23-17-18(8-10-20-6-4-5-7-24(20)27)9-15-22(23)19-11-13-21(26)14-12-19/h4-15,17H,2-3,16H2,1H3,(H,28,29)/b10-8+. The van der Waals surface area contributed by atoms with E-state index in [9.17, 15) is 9.18 Å². The molecule has 29 heavy (non-hydrogen) atoms. The maximum atomic E-state index is 13.9. The quantitative estimate of drug-likeness (QED) is 0.337. The van der Waals surface area contributed by atoms with E-state index >= 15 is 0 Å². The second kappa shape index (κ2) is 10.0. The number of amides is 1. The van der Waals surface area contributed by atoms with E-state index in [1.807, 2.05) is 48.5 Å². The van der Waals surface area contributed by atoms with Gasteiger partial charge in [0, 0.05) is 22.7 Å². The molecule has 4 heteroatoms. The Morgan fingerprint density at radius 3 is 2.52 bits per heavy atom. The highest BCUT2D eigenvalue weighted by Gasteiger charge is 2.13. The Bertz CT molecular complexity index is 1010. The Morgan fingerprint density at radius 2 is 1.79 bits per heavy atom. The van der Waals surface area contributed by atoms with Crippen LogP contribution in [-0.2, 0) is 0 Å². The molecular weight excluding hydrogens is 385 g/mol. The Labute approximate surface area is 176 Å². The molecule has 1 N–H and O–H groups in total. The molecule has 0 unspecified atom stereocenters. The lowest BCUT2D eigenvalue weighted by Crippen LogP contribution is -2.25. The number of carbonyl (C=O) groups excluding carboxylic acids is 1. The fraction of sp³-hybridized carbons (Fsp3) is 0.160. The third-order valence-electron chi connectivity index (χ3n) is 4.62. The normalized spacial score (nSPS) is 11.0. The van der Waals surface area contributed by atoms with Gasteiger partial charge in [-0.2, -0.15) is 0 Å². The summed E-state index contributed by atoms with van der Waals surface area (Å²) in [4.78, 5) is 12.8. The van der Waals surface area contributed by atoms with Crippen LogP contribution in [-0.4, -0.2) is 12.5 Å². The Morgan fingerprint density at radius 1 is 1.03 bits per heavy atom. The van der Waals surface area contributed by atoms with Gasteiger partial charge in [0.2, 0.25) is 0 Å². The molecule has 3 aromatic rings. The summed E-state index contributed by atoms with van der Waals surface area (Å²) in [5.41, 5.74) is 3.66. The molecule has 0 saturated carbocycles. The van der Waals surface area contributed by atoms with Crippen LogP contribution >= 0.6 is 11.6 Å². The number of rotatable bonds is 7. The van der Waals surface area contributed by atoms with Crippen molar-refractivity contribution in [3.05, 3.63) is 94.3 Å². The zero-order chi connectivity index (χ0) is 20.6. The highest BCUT2D eigenvalue weighted by molar-refractivity contribution is 6.30. The van der Waals surface area contributed by atoms with E-state index in [-0.39, 0.29) is 11.7 Å². The lowest BCUT2D eigenvalue weighted by molar-refractivity contribution is 0.0954. The van der Waals surface area contributed by atoms with E-state index in [1.165, 1.54) is 6.07 Å². The summed E-state index contributed by atoms with van der Waals surface area (Å²) in [5.74, 6) is -0.399. The molecule has 0 aliphatic carbocycles. The minimum Gasteiger partial charge on any atom is -0.352 e. The molecule has 0 aliphatic heterocycles. The molecular formula is C25H23ClFNO. The van der Waals surface area contributed by atoms with E-state index in [0.717, 1.165) is 29.5 Å². The molecule has 1 amide bonds. The number of unbranched alkanes of at least 4 members (excludes halogenated alkanes) is 1. The third-order valence-corrected chi connectivity index (χ3v) is 4.87. The number of hydrogen-bond donors (Lipinski definition) is 1. The first-order chi connectivity index (χ1) is 14.1. The topological polar surface area (TPSA) is 29.1 Å². The SMILES string of the molecule is CCCCNC(=O)c1cc(/C=C/c2ccccc2F)ccc1-c1ccc(Cl)cc1. The Balaban J connectivity index is 1.95. The molecule has 3 rings (SSSR count). The minimum absolute atomic E-state index is 0.121. The van der Waals surface area contributed by atoms with Crippen molar-refractivity contribution in [1.82, 2.24) is 5.32 Å². The molecule has 0 heterocycles. The highest BCUT2D eigenvalue weighted by atomic mass is 35.5. The minimum atomic E-state index is -0.279. The second-order valence-corrected chi connectivity index (χ2v) is 7.21. The van der Waals surface area contributed by atoms with Gasteiger partial charge in [-0.1, -0.05) is 79.6 Å². The maximum Gasteiger partial charge on any atom is 0.251 e. The van der Waals surface area contributed by atoms with Crippen LogP contribution < -0.4 is 5.32 Å². The van der Waals surface area contributed by atoms with Gasteiger partial charge in [-0.15, -0.1) is 0 Å². The van der Waals surface area contributed by atoms with Gasteiger partial charge in [-0.05, 0) is 47.4 Å². The largest absolute Gasteiger partial charge is 0.352 e. The van der Waals surface area contributed by atoms with E-state index in [4.69, 9.17) is 11.6 Å². The van der Waals surface area contributed by atoms with Gasteiger partial charge >= 0.3 is 0 Å². The molecule has 148 valence electrons. The van der Waals surface area contributed by atoms with Gasteiger partial charge < -0.3 is 5.32 Å². The number of nitrogens with one attached hydrogen (secondary N) is 1. The zero-order valence-corrected chi connectivity index (χ0v) is 17.0. The summed E-state index contributed by atoms with van der Waals surface area (Å²) in [6.07, 6.45) is 5.46. The average molecular weight is 408 g/mol. The molecule has 0 atom stereocenters. The summed E-state index contributed by atoms with van der Waals surface area (Å²) in [6.45, 7) is 2.71. The number of hydrogen-bond acceptors (Lipinski definition) is 1. The monoisotopic (exact) mass is 407 g/mol. The maximum absolute atomic E-state index is 13.9. The van der Waals surface area contributed by atoms with Crippen molar-refractivity contribution in [1.29, 1.82) is 0 Å². The van der Waals surface area contributed by atoms with Crippen molar-refractivity contribution in [3.8, 4) is 11.1 Å². The summed E-state index contributed by atoms with van der Waals surface area (Å²) >= 11 is 6.00. The van der Waals surface area contributed by atoms with Crippen LogP contribution in [0.25, 0.3) is 23.3 Å². The van der Waals surface area contributed by atoms with Crippen LogP contribution in [0.15, 0.2) is 66.7 Å². The van der Waals surface area contributed by atoms with Crippen LogP contribution in [0.2, 0.25) is 5.02 Å². The second-order valence-electron chi connectivity index (χ2n) is 6.78. The molecule has 0 saturated heterocycles. The van der Waals surface area contributed by atoms with Gasteiger partial charge in [0.1, 0.15) is 5.82 Å². The molecule has 0 bridgehead atoms. The zero-order valence-electron chi connectivity index (χ0n) is 16.3. The third kappa shape index (κ3) is 5.55. The van der Waals surface area contributed by atoms with Gasteiger partial charge in [-0.3, -0.25) is 4.79 Å². The molecule has 0 aromatic heterocycles. The predicted molar refractivity (Wildman–Crippen MR) is 119 cm³/mol. The number of benzene rings is 3. The lowest BCUT2D eigenvalue weighted by atomic mass is 9.96. The first-order valence-electron chi connectivity index (χ1n) is 9.69.